The Labute approximate surface area is 172 Å². The molecule has 1 aliphatic rings. The average Bonchev–Trinajstić information content (AvgIpc) is 3.01. The van der Waals surface area contributed by atoms with Gasteiger partial charge in [0.1, 0.15) is 0 Å². The Kier molecular flexibility index (Phi) is 5.15. The summed E-state index contributed by atoms with van der Waals surface area (Å²) in [6, 6.07) is 10.3. The number of nitrogens with zero attached hydrogens (tertiary/aromatic N) is 4. The van der Waals surface area contributed by atoms with Crippen molar-refractivity contribution in [3.05, 3.63) is 53.0 Å². The van der Waals surface area contributed by atoms with Gasteiger partial charge >= 0.3 is 0 Å². The zero-order chi connectivity index (χ0) is 20.7. The van der Waals surface area contributed by atoms with Crippen LogP contribution in [0.2, 0.25) is 0 Å². The first-order chi connectivity index (χ1) is 13.8. The van der Waals surface area contributed by atoms with Gasteiger partial charge < -0.3 is 4.90 Å². The summed E-state index contributed by atoms with van der Waals surface area (Å²) in [5, 5.41) is 4.76. The van der Waals surface area contributed by atoms with Crippen molar-refractivity contribution in [2.75, 3.05) is 13.1 Å². The molecule has 4 rings (SSSR count). The lowest BCUT2D eigenvalue weighted by Crippen LogP contribution is -2.43. The van der Waals surface area contributed by atoms with E-state index in [9.17, 15) is 4.79 Å². The second-order valence-electron chi connectivity index (χ2n) is 8.74. The van der Waals surface area contributed by atoms with Gasteiger partial charge in [0.05, 0.1) is 12.1 Å². The van der Waals surface area contributed by atoms with E-state index < -0.39 is 0 Å². The van der Waals surface area contributed by atoms with Crippen molar-refractivity contribution in [1.29, 1.82) is 0 Å². The molecule has 0 N–H and O–H groups in total. The predicted octanol–water partition coefficient (Wildman–Crippen LogP) is 4.37. The number of aryl methyl sites for hydroxylation is 3. The van der Waals surface area contributed by atoms with E-state index in [0.717, 1.165) is 52.5 Å². The maximum Gasteiger partial charge on any atom is 0.227 e. The molecular weight excluding hydrogens is 360 g/mol. The van der Waals surface area contributed by atoms with Crippen LogP contribution in [0, 0.1) is 32.6 Å². The fraction of sp³-hybridized carbons (Fsp3) is 0.458. The van der Waals surface area contributed by atoms with Gasteiger partial charge in [0.15, 0.2) is 5.65 Å². The van der Waals surface area contributed by atoms with Crippen molar-refractivity contribution >= 4 is 11.6 Å². The average molecular weight is 391 g/mol. The molecule has 1 aliphatic heterocycles. The number of piperidine rings is 1. The van der Waals surface area contributed by atoms with Crippen molar-refractivity contribution in [3.63, 3.8) is 0 Å². The highest BCUT2D eigenvalue weighted by Crippen LogP contribution is 2.29. The van der Waals surface area contributed by atoms with E-state index in [1.165, 1.54) is 6.42 Å². The predicted molar refractivity (Wildman–Crippen MR) is 116 cm³/mol. The molecule has 5 nitrogen and oxygen atoms in total. The van der Waals surface area contributed by atoms with Gasteiger partial charge in [-0.05, 0) is 44.6 Å². The molecule has 1 fully saturated rings. The molecule has 5 heteroatoms. The molecule has 1 aromatic carbocycles. The van der Waals surface area contributed by atoms with E-state index in [4.69, 9.17) is 10.1 Å². The van der Waals surface area contributed by atoms with Gasteiger partial charge in [-0.25, -0.2) is 9.50 Å². The third-order valence-corrected chi connectivity index (χ3v) is 6.11. The minimum atomic E-state index is 0.197. The maximum atomic E-state index is 13.1. The smallest absolute Gasteiger partial charge is 0.227 e. The van der Waals surface area contributed by atoms with E-state index >= 15 is 0 Å². The second kappa shape index (κ2) is 7.62. The van der Waals surface area contributed by atoms with E-state index in [0.29, 0.717) is 18.3 Å². The van der Waals surface area contributed by atoms with Crippen LogP contribution in [-0.4, -0.2) is 38.5 Å². The van der Waals surface area contributed by atoms with E-state index in [2.05, 4.69) is 26.0 Å². The van der Waals surface area contributed by atoms with Crippen LogP contribution < -0.4 is 0 Å². The summed E-state index contributed by atoms with van der Waals surface area (Å²) in [6.07, 6.45) is 1.59. The summed E-state index contributed by atoms with van der Waals surface area (Å²) in [4.78, 5) is 20.0. The van der Waals surface area contributed by atoms with Crippen LogP contribution in [0.15, 0.2) is 30.3 Å². The second-order valence-corrected chi connectivity index (χ2v) is 8.74. The summed E-state index contributed by atoms with van der Waals surface area (Å²) in [7, 11) is 0. The molecule has 29 heavy (non-hydrogen) atoms. The molecule has 2 aromatic heterocycles. The van der Waals surface area contributed by atoms with Crippen molar-refractivity contribution in [1.82, 2.24) is 19.5 Å². The molecule has 0 bridgehead atoms. The fourth-order valence-corrected chi connectivity index (χ4v) is 4.80. The first-order valence-corrected chi connectivity index (χ1v) is 10.5. The third-order valence-electron chi connectivity index (χ3n) is 6.11. The quantitative estimate of drug-likeness (QED) is 0.667. The zero-order valence-electron chi connectivity index (χ0n) is 18.1. The Morgan fingerprint density at radius 3 is 2.34 bits per heavy atom. The van der Waals surface area contributed by atoms with Crippen molar-refractivity contribution in [3.8, 4) is 11.1 Å². The van der Waals surface area contributed by atoms with Gasteiger partial charge in [0.2, 0.25) is 5.91 Å². The number of likely N-dealkylation sites (tertiary alicyclic amines) is 1. The van der Waals surface area contributed by atoms with Crippen LogP contribution in [0.3, 0.4) is 0 Å². The first-order valence-electron chi connectivity index (χ1n) is 10.5. The number of amides is 1. The molecular formula is C24H30N4O. The highest BCUT2D eigenvalue weighted by molar-refractivity contribution is 5.82. The number of rotatable bonds is 3. The molecule has 3 aromatic rings. The lowest BCUT2D eigenvalue weighted by Gasteiger charge is -2.35. The van der Waals surface area contributed by atoms with Crippen LogP contribution >= 0.6 is 0 Å². The minimum absolute atomic E-state index is 0.197. The molecule has 0 aliphatic carbocycles. The molecule has 1 saturated heterocycles. The highest BCUT2D eigenvalue weighted by Gasteiger charge is 2.27. The molecule has 0 saturated carbocycles. The third kappa shape index (κ3) is 3.66. The van der Waals surface area contributed by atoms with Gasteiger partial charge in [-0.2, -0.15) is 5.10 Å². The van der Waals surface area contributed by atoms with Crippen molar-refractivity contribution in [2.24, 2.45) is 11.8 Å². The number of carbonyl (C=O) groups is 1. The van der Waals surface area contributed by atoms with Gasteiger partial charge in [-0.15, -0.1) is 0 Å². The number of hydrogen-bond acceptors (Lipinski definition) is 3. The summed E-state index contributed by atoms with van der Waals surface area (Å²) in [6.45, 7) is 12.3. The van der Waals surface area contributed by atoms with E-state index in [-0.39, 0.29) is 5.91 Å². The van der Waals surface area contributed by atoms with Gasteiger partial charge in [0.25, 0.3) is 0 Å². The Hall–Kier alpha value is -2.69. The molecule has 0 spiro atoms. The van der Waals surface area contributed by atoms with Crippen LogP contribution in [0.25, 0.3) is 16.8 Å². The van der Waals surface area contributed by atoms with Crippen LogP contribution in [0.5, 0.6) is 0 Å². The Balaban J connectivity index is 1.71. The highest BCUT2D eigenvalue weighted by atomic mass is 16.2. The van der Waals surface area contributed by atoms with Crippen molar-refractivity contribution in [2.45, 2.75) is 47.5 Å². The molecule has 152 valence electrons. The number of hydrogen-bond donors (Lipinski definition) is 0. The van der Waals surface area contributed by atoms with Crippen LogP contribution in [0.1, 0.15) is 42.9 Å². The summed E-state index contributed by atoms with van der Waals surface area (Å²) < 4.78 is 1.91. The topological polar surface area (TPSA) is 50.5 Å². The number of carbonyl (C=O) groups excluding carboxylic acids is 1. The van der Waals surface area contributed by atoms with Gasteiger partial charge in [0, 0.05) is 35.6 Å². The zero-order valence-corrected chi connectivity index (χ0v) is 18.1. The largest absolute Gasteiger partial charge is 0.342 e. The maximum absolute atomic E-state index is 13.1. The molecule has 0 radical (unpaired) electrons. The summed E-state index contributed by atoms with van der Waals surface area (Å²) in [5.41, 5.74) is 6.91. The molecule has 3 heterocycles. The summed E-state index contributed by atoms with van der Waals surface area (Å²) >= 11 is 0. The van der Waals surface area contributed by atoms with Gasteiger partial charge in [-0.3, -0.25) is 4.79 Å². The monoisotopic (exact) mass is 390 g/mol. The van der Waals surface area contributed by atoms with E-state index in [1.54, 1.807) is 0 Å². The number of fused-ring (bicyclic) bond motifs is 1. The SMILES string of the molecule is Cc1nc2c(-c3ccccc3)c(C)nn2c(C)c1CC(=O)N1C[C@@H](C)C[C@H](C)C1. The Bertz CT molecular complexity index is 1040. The Morgan fingerprint density at radius 1 is 1.03 bits per heavy atom. The first kappa shape index (κ1) is 19.6. The number of aromatic nitrogens is 3. The van der Waals surface area contributed by atoms with Gasteiger partial charge in [-0.1, -0.05) is 44.2 Å². The lowest BCUT2D eigenvalue weighted by molar-refractivity contribution is -0.133. The van der Waals surface area contributed by atoms with Crippen LogP contribution in [-0.2, 0) is 11.2 Å². The standard InChI is InChI=1S/C24H30N4O/c1-15-11-16(2)14-27(13-15)22(29)12-21-17(3)25-24-23(20-9-7-6-8-10-20)18(4)26-28(24)19(21)5/h6-10,15-16H,11-14H2,1-5H3/t15-,16-/m0/s1. The summed E-state index contributed by atoms with van der Waals surface area (Å²) in [5.74, 6) is 1.32. The molecule has 0 unspecified atom stereocenters. The molecule has 2 atom stereocenters. The fourth-order valence-electron chi connectivity index (χ4n) is 4.80. The van der Waals surface area contributed by atoms with Crippen LogP contribution in [0.4, 0.5) is 0 Å². The normalized spacial score (nSPS) is 19.7. The van der Waals surface area contributed by atoms with Crippen molar-refractivity contribution < 1.29 is 4.79 Å². The lowest BCUT2D eigenvalue weighted by atomic mass is 9.91. The minimum Gasteiger partial charge on any atom is -0.342 e. The van der Waals surface area contributed by atoms with E-state index in [1.807, 2.05) is 48.4 Å². The Morgan fingerprint density at radius 2 is 1.69 bits per heavy atom. The molecule has 1 amide bonds. The number of benzene rings is 1.